The van der Waals surface area contributed by atoms with E-state index in [1.165, 1.54) is 24.1 Å². The molecule has 8 heteroatoms. The van der Waals surface area contributed by atoms with Gasteiger partial charge in [0.1, 0.15) is 18.7 Å². The fraction of sp³-hybridized carbons (Fsp3) is 0.286. The van der Waals surface area contributed by atoms with E-state index in [-0.39, 0.29) is 31.2 Å². The van der Waals surface area contributed by atoms with Crippen molar-refractivity contribution in [2.24, 2.45) is 0 Å². The van der Waals surface area contributed by atoms with E-state index in [4.69, 9.17) is 9.47 Å². The average molecular weight is 397 g/mol. The van der Waals surface area contributed by atoms with E-state index in [9.17, 15) is 14.0 Å². The van der Waals surface area contributed by atoms with Crippen LogP contribution in [0.25, 0.3) is 11.0 Å². The number of benzene rings is 2. The monoisotopic (exact) mass is 397 g/mol. The molecule has 0 aliphatic carbocycles. The Hall–Kier alpha value is -3.42. The van der Waals surface area contributed by atoms with E-state index in [0.29, 0.717) is 0 Å². The fourth-order valence-corrected chi connectivity index (χ4v) is 3.61. The Bertz CT molecular complexity index is 1050. The third-order valence-corrected chi connectivity index (χ3v) is 5.02. The van der Waals surface area contributed by atoms with Gasteiger partial charge in [0.2, 0.25) is 5.91 Å². The van der Waals surface area contributed by atoms with Crippen molar-refractivity contribution < 1.29 is 23.5 Å². The molecule has 1 aromatic heterocycles. The van der Waals surface area contributed by atoms with Gasteiger partial charge in [0.15, 0.2) is 11.6 Å². The maximum atomic E-state index is 13.9. The number of likely N-dealkylation sites (tertiary alicyclic amines) is 1. The molecule has 2 atom stereocenters. The molecule has 1 saturated heterocycles. The second-order valence-electron chi connectivity index (χ2n) is 6.85. The Kier molecular flexibility index (Phi) is 5.16. The summed E-state index contributed by atoms with van der Waals surface area (Å²) in [6, 6.07) is 12.8. The molecule has 2 unspecified atom stereocenters. The van der Waals surface area contributed by atoms with E-state index >= 15 is 0 Å². The van der Waals surface area contributed by atoms with Gasteiger partial charge in [-0.2, -0.15) is 0 Å². The number of para-hydroxylation sites is 3. The number of aromatic nitrogens is 2. The summed E-state index contributed by atoms with van der Waals surface area (Å²) in [7, 11) is 1.28. The van der Waals surface area contributed by atoms with Gasteiger partial charge in [0.25, 0.3) is 0 Å². The lowest BCUT2D eigenvalue weighted by atomic mass is 10.2. The number of methoxy groups -OCH3 is 1. The zero-order valence-corrected chi connectivity index (χ0v) is 15.8. The number of hydrogen-bond donors (Lipinski definition) is 0. The number of imidazole rings is 1. The van der Waals surface area contributed by atoms with Gasteiger partial charge in [-0.1, -0.05) is 24.3 Å². The van der Waals surface area contributed by atoms with Gasteiger partial charge in [-0.15, -0.1) is 0 Å². The van der Waals surface area contributed by atoms with Gasteiger partial charge >= 0.3 is 5.97 Å². The predicted octanol–water partition coefficient (Wildman–Crippen LogP) is 2.40. The molecular formula is C21H20FN3O4. The summed E-state index contributed by atoms with van der Waals surface area (Å²) < 4.78 is 26.2. The summed E-state index contributed by atoms with van der Waals surface area (Å²) in [5, 5.41) is 0. The van der Waals surface area contributed by atoms with Gasteiger partial charge in [-0.25, -0.2) is 14.2 Å². The van der Waals surface area contributed by atoms with Crippen LogP contribution in [0.5, 0.6) is 5.75 Å². The molecule has 4 rings (SSSR count). The van der Waals surface area contributed by atoms with E-state index in [0.717, 1.165) is 11.0 Å². The van der Waals surface area contributed by atoms with E-state index < -0.39 is 23.9 Å². The molecule has 2 aromatic carbocycles. The first-order chi connectivity index (χ1) is 14.1. The number of hydrogen-bond acceptors (Lipinski definition) is 5. The standard InChI is InChI=1S/C21H20FN3O4/c1-28-21(27)18-10-14(29-19-9-5-2-6-15(19)22)11-25(18)20(26)12-24-13-23-16-7-3-4-8-17(16)24/h2-9,13-14,18H,10-12H2,1H3. The summed E-state index contributed by atoms with van der Waals surface area (Å²) in [5.74, 6) is -1.18. The summed E-state index contributed by atoms with van der Waals surface area (Å²) >= 11 is 0. The molecule has 29 heavy (non-hydrogen) atoms. The molecule has 1 fully saturated rings. The molecule has 1 amide bonds. The van der Waals surface area contributed by atoms with Crippen LogP contribution in [-0.2, 0) is 20.9 Å². The average Bonchev–Trinajstić information content (AvgIpc) is 3.34. The van der Waals surface area contributed by atoms with Crippen LogP contribution in [0.1, 0.15) is 6.42 Å². The van der Waals surface area contributed by atoms with Crippen molar-refractivity contribution in [1.82, 2.24) is 14.5 Å². The number of ether oxygens (including phenoxy) is 2. The first kappa shape index (κ1) is 18.9. The Morgan fingerprint density at radius 3 is 2.72 bits per heavy atom. The minimum Gasteiger partial charge on any atom is -0.485 e. The second-order valence-corrected chi connectivity index (χ2v) is 6.85. The molecule has 0 radical (unpaired) electrons. The third-order valence-electron chi connectivity index (χ3n) is 5.02. The first-order valence-electron chi connectivity index (χ1n) is 9.25. The van der Waals surface area contributed by atoms with Crippen LogP contribution in [0.4, 0.5) is 4.39 Å². The van der Waals surface area contributed by atoms with Gasteiger partial charge in [0.05, 0.1) is 31.0 Å². The van der Waals surface area contributed by atoms with E-state index in [1.54, 1.807) is 23.0 Å². The Balaban J connectivity index is 1.52. The van der Waals surface area contributed by atoms with Gasteiger partial charge < -0.3 is 18.9 Å². The fourth-order valence-electron chi connectivity index (χ4n) is 3.61. The highest BCUT2D eigenvalue weighted by molar-refractivity contribution is 5.86. The SMILES string of the molecule is COC(=O)C1CC(Oc2ccccc2F)CN1C(=O)Cn1cnc2ccccc21. The Morgan fingerprint density at radius 2 is 1.93 bits per heavy atom. The van der Waals surface area contributed by atoms with Crippen molar-refractivity contribution in [1.29, 1.82) is 0 Å². The largest absolute Gasteiger partial charge is 0.485 e. The minimum atomic E-state index is -0.779. The van der Waals surface area contributed by atoms with E-state index in [1.807, 2.05) is 24.3 Å². The van der Waals surface area contributed by atoms with Crippen molar-refractivity contribution >= 4 is 22.9 Å². The summed E-state index contributed by atoms with van der Waals surface area (Å²) in [6.45, 7) is 0.194. The second kappa shape index (κ2) is 7.90. The third kappa shape index (κ3) is 3.78. The number of rotatable bonds is 5. The molecule has 1 aliphatic rings. The van der Waals surface area contributed by atoms with Crippen LogP contribution in [0, 0.1) is 5.82 Å². The van der Waals surface area contributed by atoms with Gasteiger partial charge in [-0.3, -0.25) is 4.79 Å². The highest BCUT2D eigenvalue weighted by Gasteiger charge is 2.41. The lowest BCUT2D eigenvalue weighted by Crippen LogP contribution is -2.42. The minimum absolute atomic E-state index is 0.0282. The van der Waals surface area contributed by atoms with Gasteiger partial charge in [0, 0.05) is 6.42 Å². The molecule has 1 aliphatic heterocycles. The van der Waals surface area contributed by atoms with Crippen LogP contribution < -0.4 is 4.74 Å². The number of nitrogens with zero attached hydrogens (tertiary/aromatic N) is 3. The van der Waals surface area contributed by atoms with Crippen molar-refractivity contribution in [2.45, 2.75) is 25.1 Å². The lowest BCUT2D eigenvalue weighted by molar-refractivity contribution is -0.151. The van der Waals surface area contributed by atoms with Crippen LogP contribution in [0.3, 0.4) is 0 Å². The molecule has 3 aromatic rings. The number of halogens is 1. The zero-order chi connectivity index (χ0) is 20.4. The predicted molar refractivity (Wildman–Crippen MR) is 103 cm³/mol. The van der Waals surface area contributed by atoms with Crippen LogP contribution in [0.2, 0.25) is 0 Å². The summed E-state index contributed by atoms with van der Waals surface area (Å²) in [5.41, 5.74) is 1.61. The summed E-state index contributed by atoms with van der Waals surface area (Å²) in [4.78, 5) is 31.0. The molecule has 0 saturated carbocycles. The highest BCUT2D eigenvalue weighted by atomic mass is 19.1. The summed E-state index contributed by atoms with van der Waals surface area (Å²) in [6.07, 6.45) is 1.32. The number of carbonyl (C=O) groups is 2. The maximum absolute atomic E-state index is 13.9. The van der Waals surface area contributed by atoms with Gasteiger partial charge in [-0.05, 0) is 24.3 Å². The Labute approximate surface area is 166 Å². The van der Waals surface area contributed by atoms with Crippen LogP contribution in [-0.4, -0.2) is 52.1 Å². The number of carbonyl (C=O) groups excluding carboxylic acids is 2. The smallest absolute Gasteiger partial charge is 0.328 e. The van der Waals surface area contributed by atoms with Crippen molar-refractivity contribution in [3.63, 3.8) is 0 Å². The van der Waals surface area contributed by atoms with Crippen LogP contribution >= 0.6 is 0 Å². The molecule has 7 nitrogen and oxygen atoms in total. The maximum Gasteiger partial charge on any atom is 0.328 e. The zero-order valence-electron chi connectivity index (χ0n) is 15.8. The van der Waals surface area contributed by atoms with Crippen LogP contribution in [0.15, 0.2) is 54.9 Å². The Morgan fingerprint density at radius 1 is 1.17 bits per heavy atom. The molecule has 0 bridgehead atoms. The molecule has 150 valence electrons. The van der Waals surface area contributed by atoms with Crippen molar-refractivity contribution in [2.75, 3.05) is 13.7 Å². The lowest BCUT2D eigenvalue weighted by Gasteiger charge is -2.22. The van der Waals surface area contributed by atoms with Crippen molar-refractivity contribution in [3.8, 4) is 5.75 Å². The normalized spacial score (nSPS) is 18.8. The first-order valence-corrected chi connectivity index (χ1v) is 9.25. The number of fused-ring (bicyclic) bond motifs is 1. The quantitative estimate of drug-likeness (QED) is 0.618. The topological polar surface area (TPSA) is 73.7 Å². The molecule has 2 heterocycles. The number of esters is 1. The van der Waals surface area contributed by atoms with Crippen molar-refractivity contribution in [3.05, 3.63) is 60.7 Å². The molecular weight excluding hydrogens is 377 g/mol. The molecule has 0 spiro atoms. The number of amides is 1. The van der Waals surface area contributed by atoms with E-state index in [2.05, 4.69) is 4.98 Å². The highest BCUT2D eigenvalue weighted by Crippen LogP contribution is 2.26. The molecule has 0 N–H and O–H groups in total.